The highest BCUT2D eigenvalue weighted by atomic mass is 79.9. The number of carbonyl (C=O) groups is 1. The van der Waals surface area contributed by atoms with E-state index in [2.05, 4.69) is 9.47 Å². The summed E-state index contributed by atoms with van der Waals surface area (Å²) < 4.78 is 58.2. The Morgan fingerprint density at radius 2 is 1.69 bits per heavy atom. The lowest BCUT2D eigenvalue weighted by Crippen LogP contribution is -2.36. The van der Waals surface area contributed by atoms with Crippen molar-refractivity contribution in [2.45, 2.75) is 30.5 Å². The molecule has 0 saturated heterocycles. The Morgan fingerprint density at radius 1 is 1.19 bits per heavy atom. The molecule has 8 heteroatoms. The zero-order valence-corrected chi connectivity index (χ0v) is 10.0. The molecular weight excluding hydrogens is 300 g/mol. The number of halogens is 5. The van der Waals surface area contributed by atoms with E-state index in [0.29, 0.717) is 6.42 Å². The minimum atomic E-state index is -4.32. The molecule has 0 aliphatic heterocycles. The largest absolute Gasteiger partial charge is 0.508 e. The zero-order valence-electron chi connectivity index (χ0n) is 8.44. The van der Waals surface area contributed by atoms with Gasteiger partial charge in [-0.25, -0.2) is 4.79 Å². The van der Waals surface area contributed by atoms with Crippen molar-refractivity contribution in [3.8, 4) is 0 Å². The van der Waals surface area contributed by atoms with Gasteiger partial charge in [-0.05, 0) is 22.4 Å². The van der Waals surface area contributed by atoms with Crippen molar-refractivity contribution in [2.75, 3.05) is 13.2 Å². The van der Waals surface area contributed by atoms with E-state index in [1.165, 1.54) is 0 Å². The third-order valence-electron chi connectivity index (χ3n) is 1.47. The molecule has 0 atom stereocenters. The average Bonchev–Trinajstić information content (AvgIpc) is 2.12. The molecule has 0 unspecified atom stereocenters. The molecule has 0 aliphatic rings. The summed E-state index contributed by atoms with van der Waals surface area (Å²) in [5.41, 5.74) is 0. The number of rotatable bonds is 6. The van der Waals surface area contributed by atoms with Gasteiger partial charge in [0.05, 0.1) is 13.0 Å². The maximum absolute atomic E-state index is 12.6. The van der Waals surface area contributed by atoms with Crippen LogP contribution in [0.4, 0.5) is 22.4 Å². The van der Waals surface area contributed by atoms with Crippen molar-refractivity contribution < 1.29 is 31.8 Å². The van der Waals surface area contributed by atoms with Gasteiger partial charge in [0.1, 0.15) is 6.61 Å². The molecular formula is C8H11BrF4O3. The summed E-state index contributed by atoms with van der Waals surface area (Å²) in [5, 5.41) is 0. The van der Waals surface area contributed by atoms with Crippen LogP contribution in [-0.4, -0.2) is 30.1 Å². The maximum Gasteiger partial charge on any atom is 0.508 e. The van der Waals surface area contributed by atoms with E-state index in [9.17, 15) is 22.4 Å². The summed E-state index contributed by atoms with van der Waals surface area (Å²) in [6, 6.07) is 0. The van der Waals surface area contributed by atoms with Gasteiger partial charge in [-0.1, -0.05) is 6.92 Å². The van der Waals surface area contributed by atoms with Crippen molar-refractivity contribution in [3.05, 3.63) is 0 Å². The highest BCUT2D eigenvalue weighted by Gasteiger charge is 2.53. The van der Waals surface area contributed by atoms with Crippen molar-refractivity contribution in [2.24, 2.45) is 0 Å². The lowest BCUT2D eigenvalue weighted by molar-refractivity contribution is -0.156. The number of alkyl halides is 5. The van der Waals surface area contributed by atoms with Crippen LogP contribution in [0.15, 0.2) is 0 Å². The van der Waals surface area contributed by atoms with Crippen LogP contribution in [0.2, 0.25) is 0 Å². The Hall–Kier alpha value is -0.530. The monoisotopic (exact) mass is 310 g/mol. The van der Waals surface area contributed by atoms with Crippen LogP contribution >= 0.6 is 15.9 Å². The van der Waals surface area contributed by atoms with Crippen molar-refractivity contribution >= 4 is 22.1 Å². The van der Waals surface area contributed by atoms with E-state index >= 15 is 0 Å². The molecule has 0 aromatic heterocycles. The fourth-order valence-electron chi connectivity index (χ4n) is 0.631. The molecule has 3 nitrogen and oxygen atoms in total. The van der Waals surface area contributed by atoms with Crippen LogP contribution in [0.3, 0.4) is 0 Å². The predicted molar refractivity (Wildman–Crippen MR) is 51.0 cm³/mol. The number of hydrogen-bond acceptors (Lipinski definition) is 3. The fraction of sp³-hybridized carbons (Fsp3) is 0.875. The first-order valence-corrected chi connectivity index (χ1v) is 5.24. The summed E-state index contributed by atoms with van der Waals surface area (Å²) in [6.07, 6.45) is -1.88. The molecule has 0 saturated carbocycles. The molecule has 0 amide bonds. The smallest absolute Gasteiger partial charge is 0.434 e. The lowest BCUT2D eigenvalue weighted by Gasteiger charge is -2.20. The SMILES string of the molecule is CCCOC(=O)OCCC(F)(F)C(F)(F)Br. The minimum Gasteiger partial charge on any atom is -0.434 e. The number of hydrogen-bond donors (Lipinski definition) is 0. The molecule has 0 bridgehead atoms. The van der Waals surface area contributed by atoms with E-state index in [1.807, 2.05) is 0 Å². The number of carbonyl (C=O) groups excluding carboxylic acids is 1. The second-order valence-electron chi connectivity index (χ2n) is 2.90. The summed E-state index contributed by atoms with van der Waals surface area (Å²) >= 11 is 1.55. The van der Waals surface area contributed by atoms with E-state index in [-0.39, 0.29) is 6.61 Å². The Balaban J connectivity index is 3.86. The maximum atomic E-state index is 12.6. The molecule has 16 heavy (non-hydrogen) atoms. The van der Waals surface area contributed by atoms with Gasteiger partial charge in [0.15, 0.2) is 0 Å². The van der Waals surface area contributed by atoms with Gasteiger partial charge < -0.3 is 9.47 Å². The van der Waals surface area contributed by atoms with E-state index in [4.69, 9.17) is 0 Å². The van der Waals surface area contributed by atoms with E-state index in [1.54, 1.807) is 22.9 Å². The summed E-state index contributed by atoms with van der Waals surface area (Å²) in [4.78, 5) is 6.33. The van der Waals surface area contributed by atoms with E-state index < -0.39 is 29.9 Å². The normalized spacial score (nSPS) is 12.4. The van der Waals surface area contributed by atoms with Gasteiger partial charge in [-0.15, -0.1) is 0 Å². The first-order valence-electron chi connectivity index (χ1n) is 4.45. The molecule has 0 aromatic rings. The summed E-state index contributed by atoms with van der Waals surface area (Å²) in [5.74, 6) is -4.28. The van der Waals surface area contributed by atoms with Crippen molar-refractivity contribution in [3.63, 3.8) is 0 Å². The molecule has 0 rings (SSSR count). The van der Waals surface area contributed by atoms with Gasteiger partial charge in [-0.3, -0.25) is 0 Å². The Morgan fingerprint density at radius 3 is 2.12 bits per heavy atom. The van der Waals surface area contributed by atoms with Gasteiger partial charge in [0, 0.05) is 0 Å². The zero-order chi connectivity index (χ0) is 12.8. The summed E-state index contributed by atoms with van der Waals surface area (Å²) in [6.45, 7) is 0.980. The first kappa shape index (κ1) is 15.5. The van der Waals surface area contributed by atoms with Crippen LogP contribution in [0.5, 0.6) is 0 Å². The van der Waals surface area contributed by atoms with Gasteiger partial charge >= 0.3 is 16.9 Å². The van der Waals surface area contributed by atoms with Crippen LogP contribution < -0.4 is 0 Å². The molecule has 0 radical (unpaired) electrons. The minimum absolute atomic E-state index is 0.0871. The molecule has 0 N–H and O–H groups in total. The second kappa shape index (κ2) is 6.27. The molecule has 0 fully saturated rings. The standard InChI is InChI=1S/C8H11BrF4O3/c1-2-4-15-6(14)16-5-3-7(10,11)8(9,12)13/h2-5H2,1H3. The second-order valence-corrected chi connectivity index (χ2v) is 3.90. The Bertz CT molecular complexity index is 230. The van der Waals surface area contributed by atoms with Crippen LogP contribution in [-0.2, 0) is 9.47 Å². The summed E-state index contributed by atoms with van der Waals surface area (Å²) in [7, 11) is 0. The fourth-order valence-corrected chi connectivity index (χ4v) is 0.830. The van der Waals surface area contributed by atoms with Crippen LogP contribution in [0, 0.1) is 0 Å². The highest BCUT2D eigenvalue weighted by molar-refractivity contribution is 9.10. The number of ether oxygens (including phenoxy) is 2. The van der Waals surface area contributed by atoms with E-state index in [0.717, 1.165) is 0 Å². The van der Waals surface area contributed by atoms with Gasteiger partial charge in [-0.2, -0.15) is 17.6 Å². The van der Waals surface area contributed by atoms with Crippen molar-refractivity contribution in [1.29, 1.82) is 0 Å². The predicted octanol–water partition coefficient (Wildman–Crippen LogP) is 3.56. The van der Waals surface area contributed by atoms with Crippen LogP contribution in [0.1, 0.15) is 19.8 Å². The molecule has 96 valence electrons. The molecule has 0 heterocycles. The topological polar surface area (TPSA) is 35.5 Å². The third kappa shape index (κ3) is 5.53. The quantitative estimate of drug-likeness (QED) is 0.427. The van der Waals surface area contributed by atoms with Gasteiger partial charge in [0.2, 0.25) is 0 Å². The average molecular weight is 311 g/mol. The third-order valence-corrected chi connectivity index (χ3v) is 2.05. The molecule has 0 aliphatic carbocycles. The molecule has 0 aromatic carbocycles. The van der Waals surface area contributed by atoms with Crippen LogP contribution in [0.25, 0.3) is 0 Å². The Kier molecular flexibility index (Phi) is 6.06. The lowest BCUT2D eigenvalue weighted by atomic mass is 10.2. The first-order chi connectivity index (χ1) is 7.20. The van der Waals surface area contributed by atoms with Crippen molar-refractivity contribution in [1.82, 2.24) is 0 Å². The Labute approximate surface area is 98.2 Å². The molecule has 0 spiro atoms. The van der Waals surface area contributed by atoms with Gasteiger partial charge in [0.25, 0.3) is 0 Å². The highest BCUT2D eigenvalue weighted by Crippen LogP contribution is 2.41.